The largest absolute Gasteiger partial charge is 0.416 e. The number of nitrogens with two attached hydrogens (primary N) is 1. The zero-order valence-electron chi connectivity index (χ0n) is 11.2. The Bertz CT molecular complexity index is 443. The molecule has 1 rings (SSSR count). The highest BCUT2D eigenvalue weighted by molar-refractivity contribution is 5.79. The van der Waals surface area contributed by atoms with Crippen LogP contribution in [-0.4, -0.2) is 29.0 Å². The standard InChI is InChI=1S/C13H18F3N3O/c1-2-19(8-7-12(17)18-20)9-10-3-5-11(6-4-10)13(14,15)16/h3-6,20H,2,7-9H2,1H3,(H2,17,18). The van der Waals surface area contributed by atoms with Crippen LogP contribution in [0.4, 0.5) is 13.2 Å². The van der Waals surface area contributed by atoms with Crippen LogP contribution < -0.4 is 5.73 Å². The van der Waals surface area contributed by atoms with Crippen molar-refractivity contribution in [3.63, 3.8) is 0 Å². The van der Waals surface area contributed by atoms with Gasteiger partial charge in [0, 0.05) is 19.5 Å². The lowest BCUT2D eigenvalue weighted by molar-refractivity contribution is -0.137. The molecule has 1 aromatic rings. The lowest BCUT2D eigenvalue weighted by Gasteiger charge is -2.20. The third kappa shape index (κ3) is 5.08. The van der Waals surface area contributed by atoms with Gasteiger partial charge in [-0.15, -0.1) is 0 Å². The molecule has 0 saturated carbocycles. The van der Waals surface area contributed by atoms with Crippen molar-refractivity contribution in [3.05, 3.63) is 35.4 Å². The first-order chi connectivity index (χ1) is 9.36. The summed E-state index contributed by atoms with van der Waals surface area (Å²) in [6, 6.07) is 5.09. The summed E-state index contributed by atoms with van der Waals surface area (Å²) in [6.07, 6.45) is -3.90. The van der Waals surface area contributed by atoms with Crippen LogP contribution in [0.1, 0.15) is 24.5 Å². The monoisotopic (exact) mass is 289 g/mol. The highest BCUT2D eigenvalue weighted by Crippen LogP contribution is 2.29. The van der Waals surface area contributed by atoms with Crippen molar-refractivity contribution in [1.82, 2.24) is 4.90 Å². The fourth-order valence-electron chi connectivity index (χ4n) is 1.73. The quantitative estimate of drug-likeness (QED) is 0.366. The predicted molar refractivity (Wildman–Crippen MR) is 70.4 cm³/mol. The molecular weight excluding hydrogens is 271 g/mol. The number of oxime groups is 1. The zero-order valence-corrected chi connectivity index (χ0v) is 11.2. The topological polar surface area (TPSA) is 61.8 Å². The number of amidine groups is 1. The molecule has 0 spiro atoms. The first kappa shape index (κ1) is 16.3. The highest BCUT2D eigenvalue weighted by atomic mass is 19.4. The third-order valence-corrected chi connectivity index (χ3v) is 2.95. The summed E-state index contributed by atoms with van der Waals surface area (Å²) in [4.78, 5) is 2.00. The van der Waals surface area contributed by atoms with Crippen molar-refractivity contribution in [2.45, 2.75) is 26.1 Å². The molecule has 3 N–H and O–H groups in total. The van der Waals surface area contributed by atoms with Gasteiger partial charge >= 0.3 is 6.18 Å². The molecule has 4 nitrogen and oxygen atoms in total. The molecule has 0 heterocycles. The Morgan fingerprint density at radius 2 is 1.90 bits per heavy atom. The van der Waals surface area contributed by atoms with Crippen LogP contribution in [0.2, 0.25) is 0 Å². The first-order valence-electron chi connectivity index (χ1n) is 6.21. The second kappa shape index (κ2) is 7.14. The third-order valence-electron chi connectivity index (χ3n) is 2.95. The van der Waals surface area contributed by atoms with E-state index in [9.17, 15) is 13.2 Å². The van der Waals surface area contributed by atoms with Gasteiger partial charge in [0.15, 0.2) is 0 Å². The summed E-state index contributed by atoms with van der Waals surface area (Å²) in [7, 11) is 0. The minimum absolute atomic E-state index is 0.135. The summed E-state index contributed by atoms with van der Waals surface area (Å²) in [5.41, 5.74) is 5.52. The number of rotatable bonds is 6. The van der Waals surface area contributed by atoms with E-state index in [1.165, 1.54) is 12.1 Å². The van der Waals surface area contributed by atoms with Gasteiger partial charge in [-0.05, 0) is 24.2 Å². The fraction of sp³-hybridized carbons (Fsp3) is 0.462. The molecule has 0 aliphatic heterocycles. The van der Waals surface area contributed by atoms with E-state index in [0.717, 1.165) is 24.2 Å². The van der Waals surface area contributed by atoms with Gasteiger partial charge in [0.25, 0.3) is 0 Å². The van der Waals surface area contributed by atoms with Crippen LogP contribution in [0.3, 0.4) is 0 Å². The molecule has 0 atom stereocenters. The van der Waals surface area contributed by atoms with Gasteiger partial charge in [0.1, 0.15) is 5.84 Å². The molecule has 0 aliphatic carbocycles. The average molecular weight is 289 g/mol. The molecule has 0 fully saturated rings. The summed E-state index contributed by atoms with van der Waals surface area (Å²) < 4.78 is 37.3. The van der Waals surface area contributed by atoms with Gasteiger partial charge < -0.3 is 10.9 Å². The van der Waals surface area contributed by atoms with E-state index in [1.807, 2.05) is 11.8 Å². The maximum absolute atomic E-state index is 12.4. The number of alkyl halides is 3. The number of halogens is 3. The predicted octanol–water partition coefficient (Wildman–Crippen LogP) is 2.66. The van der Waals surface area contributed by atoms with Gasteiger partial charge in [0.05, 0.1) is 5.56 Å². The summed E-state index contributed by atoms with van der Waals surface area (Å²) in [5, 5.41) is 11.3. The van der Waals surface area contributed by atoms with Crippen molar-refractivity contribution in [1.29, 1.82) is 0 Å². The molecule has 20 heavy (non-hydrogen) atoms. The number of benzene rings is 1. The molecule has 0 aliphatic rings. The van der Waals surface area contributed by atoms with Crippen LogP contribution in [0.15, 0.2) is 29.4 Å². The van der Waals surface area contributed by atoms with Gasteiger partial charge in [-0.1, -0.05) is 24.2 Å². The highest BCUT2D eigenvalue weighted by Gasteiger charge is 2.29. The second-order valence-corrected chi connectivity index (χ2v) is 4.40. The Morgan fingerprint density at radius 3 is 2.35 bits per heavy atom. The molecule has 0 bridgehead atoms. The molecule has 7 heteroatoms. The Labute approximate surface area is 115 Å². The number of hydrogen-bond acceptors (Lipinski definition) is 3. The van der Waals surface area contributed by atoms with E-state index in [0.29, 0.717) is 19.5 Å². The van der Waals surface area contributed by atoms with Gasteiger partial charge in [-0.2, -0.15) is 13.2 Å². The van der Waals surface area contributed by atoms with E-state index < -0.39 is 11.7 Å². The first-order valence-corrected chi connectivity index (χ1v) is 6.21. The Morgan fingerprint density at radius 1 is 1.30 bits per heavy atom. The number of hydrogen-bond donors (Lipinski definition) is 2. The zero-order chi connectivity index (χ0) is 15.2. The minimum atomic E-state index is -4.31. The van der Waals surface area contributed by atoms with Crippen molar-refractivity contribution >= 4 is 5.84 Å². The maximum Gasteiger partial charge on any atom is 0.416 e. The smallest absolute Gasteiger partial charge is 0.409 e. The van der Waals surface area contributed by atoms with Gasteiger partial charge in [-0.25, -0.2) is 0 Å². The van der Waals surface area contributed by atoms with Crippen molar-refractivity contribution in [2.75, 3.05) is 13.1 Å². The van der Waals surface area contributed by atoms with Crippen LogP contribution in [0.25, 0.3) is 0 Å². The lowest BCUT2D eigenvalue weighted by atomic mass is 10.1. The lowest BCUT2D eigenvalue weighted by Crippen LogP contribution is -2.27. The van der Waals surface area contributed by atoms with Crippen LogP contribution >= 0.6 is 0 Å². The van der Waals surface area contributed by atoms with E-state index >= 15 is 0 Å². The molecule has 1 aromatic carbocycles. The minimum Gasteiger partial charge on any atom is -0.409 e. The second-order valence-electron chi connectivity index (χ2n) is 4.40. The molecular formula is C13H18F3N3O. The molecule has 0 amide bonds. The number of nitrogens with zero attached hydrogens (tertiary/aromatic N) is 2. The molecule has 0 unspecified atom stereocenters. The molecule has 112 valence electrons. The van der Waals surface area contributed by atoms with Crippen molar-refractivity contribution < 1.29 is 18.4 Å². The summed E-state index contributed by atoms with van der Waals surface area (Å²) in [5.74, 6) is 0.135. The van der Waals surface area contributed by atoms with Crippen molar-refractivity contribution in [3.8, 4) is 0 Å². The van der Waals surface area contributed by atoms with E-state index in [-0.39, 0.29) is 5.84 Å². The van der Waals surface area contributed by atoms with E-state index in [1.54, 1.807) is 0 Å². The van der Waals surface area contributed by atoms with Crippen molar-refractivity contribution in [2.24, 2.45) is 10.9 Å². The van der Waals surface area contributed by atoms with Crippen LogP contribution in [0, 0.1) is 0 Å². The Balaban J connectivity index is 2.62. The van der Waals surface area contributed by atoms with E-state index in [4.69, 9.17) is 10.9 Å². The van der Waals surface area contributed by atoms with Crippen LogP contribution in [-0.2, 0) is 12.7 Å². The van der Waals surface area contributed by atoms with Crippen LogP contribution in [0.5, 0.6) is 0 Å². The summed E-state index contributed by atoms with van der Waals surface area (Å²) in [6.45, 7) is 3.76. The average Bonchev–Trinajstić information content (AvgIpc) is 2.42. The summed E-state index contributed by atoms with van der Waals surface area (Å²) >= 11 is 0. The van der Waals surface area contributed by atoms with Gasteiger partial charge in [0.2, 0.25) is 0 Å². The Kier molecular flexibility index (Phi) is 5.82. The molecule has 0 aromatic heterocycles. The SMILES string of the molecule is CCN(CCC(N)=NO)Cc1ccc(C(F)(F)F)cc1. The molecule has 0 saturated heterocycles. The maximum atomic E-state index is 12.4. The fourth-order valence-corrected chi connectivity index (χ4v) is 1.73. The van der Waals surface area contributed by atoms with Gasteiger partial charge in [-0.3, -0.25) is 4.90 Å². The van der Waals surface area contributed by atoms with E-state index in [2.05, 4.69) is 5.16 Å². The molecule has 0 radical (unpaired) electrons. The normalized spacial score (nSPS) is 12.9. The Hall–Kier alpha value is -1.76.